The van der Waals surface area contributed by atoms with Crippen molar-refractivity contribution in [2.24, 2.45) is 5.92 Å². The zero-order chi connectivity index (χ0) is 15.3. The fourth-order valence-corrected chi connectivity index (χ4v) is 2.03. The summed E-state index contributed by atoms with van der Waals surface area (Å²) < 4.78 is 5.17. The van der Waals surface area contributed by atoms with Crippen molar-refractivity contribution in [3.8, 4) is 0 Å². The second-order valence-electron chi connectivity index (χ2n) is 5.47. The molecule has 0 aromatic heterocycles. The van der Waals surface area contributed by atoms with E-state index in [2.05, 4.69) is 24.1 Å². The molecule has 20 heavy (non-hydrogen) atoms. The molecule has 1 aliphatic rings. The molecule has 2 atom stereocenters. The summed E-state index contributed by atoms with van der Waals surface area (Å²) in [4.78, 5) is 26.6. The van der Waals surface area contributed by atoms with Crippen molar-refractivity contribution in [1.29, 1.82) is 0 Å². The van der Waals surface area contributed by atoms with Crippen LogP contribution >= 0.6 is 0 Å². The maximum atomic E-state index is 12.0. The first-order chi connectivity index (χ1) is 9.34. The number of ether oxygens (including phenoxy) is 1. The van der Waals surface area contributed by atoms with Crippen LogP contribution in [-0.2, 0) is 9.53 Å². The highest BCUT2D eigenvalue weighted by Crippen LogP contribution is 2.18. The lowest BCUT2D eigenvalue weighted by Gasteiger charge is -2.27. The van der Waals surface area contributed by atoms with Gasteiger partial charge < -0.3 is 25.0 Å². The van der Waals surface area contributed by atoms with Gasteiger partial charge in [-0.25, -0.2) is 4.79 Å². The number of hydrogen-bond donors (Lipinski definition) is 2. The number of hydrogen-bond acceptors (Lipinski definition) is 4. The maximum absolute atomic E-state index is 12.0. The lowest BCUT2D eigenvalue weighted by atomic mass is 10.0. The summed E-state index contributed by atoms with van der Waals surface area (Å²) in [5.41, 5.74) is 0. The molecule has 0 saturated carbocycles. The number of urea groups is 1. The quantitative estimate of drug-likeness (QED) is 0.722. The highest BCUT2D eigenvalue weighted by atomic mass is 16.5. The first-order valence-corrected chi connectivity index (χ1v) is 6.86. The van der Waals surface area contributed by atoms with Gasteiger partial charge in [-0.15, -0.1) is 0 Å². The molecule has 0 aliphatic carbocycles. The molecule has 1 rings (SSSR count). The zero-order valence-electron chi connectivity index (χ0n) is 12.6. The molecule has 0 aromatic rings. The Labute approximate surface area is 119 Å². The molecule has 1 aliphatic heterocycles. The number of carboxylic acid groups (broad SMARTS) is 1. The van der Waals surface area contributed by atoms with Gasteiger partial charge in [0.2, 0.25) is 0 Å². The minimum Gasteiger partial charge on any atom is -0.481 e. The summed E-state index contributed by atoms with van der Waals surface area (Å²) in [5, 5.41) is 11.9. The predicted octanol–water partition coefficient (Wildman–Crippen LogP) is 0.0676. The van der Waals surface area contributed by atoms with Crippen LogP contribution in [0.1, 0.15) is 13.8 Å². The van der Waals surface area contributed by atoms with Gasteiger partial charge in [0.05, 0.1) is 19.3 Å². The number of carbonyl (C=O) groups excluding carboxylic acids is 1. The number of likely N-dealkylation sites (N-methyl/N-ethyl adjacent to an activating group) is 2. The van der Waals surface area contributed by atoms with Crippen LogP contribution in [-0.4, -0.2) is 79.4 Å². The van der Waals surface area contributed by atoms with Crippen LogP contribution in [0.15, 0.2) is 0 Å². The van der Waals surface area contributed by atoms with E-state index in [1.807, 2.05) is 7.05 Å². The van der Waals surface area contributed by atoms with Gasteiger partial charge in [-0.05, 0) is 20.9 Å². The van der Waals surface area contributed by atoms with Crippen LogP contribution < -0.4 is 5.32 Å². The van der Waals surface area contributed by atoms with E-state index < -0.39 is 17.9 Å². The van der Waals surface area contributed by atoms with E-state index in [-0.39, 0.29) is 19.2 Å². The first-order valence-electron chi connectivity index (χ1n) is 6.86. The van der Waals surface area contributed by atoms with E-state index in [1.165, 1.54) is 4.90 Å². The van der Waals surface area contributed by atoms with Crippen molar-refractivity contribution >= 4 is 12.0 Å². The lowest BCUT2D eigenvalue weighted by Crippen LogP contribution is -2.49. The molecular formula is C13H25N3O4. The molecule has 1 saturated heterocycles. The number of nitrogens with one attached hydrogen (secondary N) is 1. The van der Waals surface area contributed by atoms with Crippen molar-refractivity contribution in [3.05, 3.63) is 0 Å². The molecule has 116 valence electrons. The van der Waals surface area contributed by atoms with Gasteiger partial charge in [0.25, 0.3) is 0 Å². The van der Waals surface area contributed by atoms with Gasteiger partial charge >= 0.3 is 12.0 Å². The number of amides is 2. The normalized spacial score (nSPS) is 22.3. The molecule has 1 heterocycles. The van der Waals surface area contributed by atoms with Crippen molar-refractivity contribution in [2.45, 2.75) is 25.9 Å². The van der Waals surface area contributed by atoms with E-state index in [0.717, 1.165) is 6.54 Å². The minimum absolute atomic E-state index is 0.160. The Bertz CT molecular complexity index is 349. The molecule has 2 amide bonds. The van der Waals surface area contributed by atoms with Gasteiger partial charge in [0.15, 0.2) is 0 Å². The van der Waals surface area contributed by atoms with E-state index in [4.69, 9.17) is 9.84 Å². The highest BCUT2D eigenvalue weighted by Gasteiger charge is 2.38. The summed E-state index contributed by atoms with van der Waals surface area (Å²) in [6.45, 7) is 5.88. The van der Waals surface area contributed by atoms with Gasteiger partial charge in [-0.2, -0.15) is 0 Å². The Morgan fingerprint density at radius 3 is 2.55 bits per heavy atom. The summed E-state index contributed by atoms with van der Waals surface area (Å²) in [7, 11) is 3.60. The van der Waals surface area contributed by atoms with Crippen LogP contribution in [0.3, 0.4) is 0 Å². The Hall–Kier alpha value is -1.34. The Kier molecular flexibility index (Phi) is 6.22. The Morgan fingerprint density at radius 2 is 2.00 bits per heavy atom. The van der Waals surface area contributed by atoms with Gasteiger partial charge in [-0.3, -0.25) is 4.79 Å². The second kappa shape index (κ2) is 7.44. The second-order valence-corrected chi connectivity index (χ2v) is 5.47. The monoisotopic (exact) mass is 287 g/mol. The molecule has 0 radical (unpaired) electrons. The number of aliphatic carboxylic acids is 1. The third kappa shape index (κ3) is 4.35. The maximum Gasteiger partial charge on any atom is 0.317 e. The third-order valence-electron chi connectivity index (χ3n) is 3.81. The largest absolute Gasteiger partial charge is 0.481 e. The van der Waals surface area contributed by atoms with Crippen LogP contribution in [0.4, 0.5) is 4.79 Å². The minimum atomic E-state index is -0.924. The van der Waals surface area contributed by atoms with Gasteiger partial charge in [-0.1, -0.05) is 0 Å². The average Bonchev–Trinajstić information content (AvgIpc) is 2.86. The third-order valence-corrected chi connectivity index (χ3v) is 3.81. The fraction of sp³-hybridized carbons (Fsp3) is 0.846. The van der Waals surface area contributed by atoms with Crippen LogP contribution in [0.5, 0.6) is 0 Å². The number of carbonyl (C=O) groups is 2. The van der Waals surface area contributed by atoms with E-state index in [9.17, 15) is 9.59 Å². The number of carboxylic acids is 1. The van der Waals surface area contributed by atoms with Crippen molar-refractivity contribution < 1.29 is 19.4 Å². The smallest absolute Gasteiger partial charge is 0.317 e. The Morgan fingerprint density at radius 1 is 1.35 bits per heavy atom. The number of nitrogens with zero attached hydrogens (tertiary/aromatic N) is 2. The summed E-state index contributed by atoms with van der Waals surface area (Å²) in [6.07, 6.45) is 0. The van der Waals surface area contributed by atoms with Crippen molar-refractivity contribution in [1.82, 2.24) is 15.1 Å². The molecule has 0 spiro atoms. The molecule has 1 fully saturated rings. The zero-order valence-corrected chi connectivity index (χ0v) is 12.6. The average molecular weight is 287 g/mol. The fourth-order valence-electron chi connectivity index (χ4n) is 2.03. The first kappa shape index (κ1) is 16.7. The topological polar surface area (TPSA) is 82.1 Å². The molecule has 2 N–H and O–H groups in total. The van der Waals surface area contributed by atoms with E-state index >= 15 is 0 Å². The Balaban J connectivity index is 2.41. The molecular weight excluding hydrogens is 262 g/mol. The van der Waals surface area contributed by atoms with Gasteiger partial charge in [0.1, 0.15) is 5.92 Å². The van der Waals surface area contributed by atoms with Crippen molar-refractivity contribution in [3.63, 3.8) is 0 Å². The standard InChI is InChI=1S/C13H25N3O4/c1-9(2)15(3)6-5-14-13(19)16(4)11-8-20-7-10(11)12(17)18/h9-11H,5-8H2,1-4H3,(H,14,19)(H,17,18). The summed E-state index contributed by atoms with van der Waals surface area (Å²) in [5.74, 6) is -1.57. The van der Waals surface area contributed by atoms with Gasteiger partial charge in [0, 0.05) is 26.2 Å². The SMILES string of the molecule is CC(C)N(C)CCNC(=O)N(C)C1COCC1C(=O)O. The van der Waals surface area contributed by atoms with Crippen LogP contribution in [0, 0.1) is 5.92 Å². The summed E-state index contributed by atoms with van der Waals surface area (Å²) in [6, 6.07) is -0.247. The molecule has 0 aromatic carbocycles. The lowest BCUT2D eigenvalue weighted by molar-refractivity contribution is -0.142. The van der Waals surface area contributed by atoms with E-state index in [0.29, 0.717) is 12.6 Å². The van der Waals surface area contributed by atoms with Crippen molar-refractivity contribution in [2.75, 3.05) is 40.4 Å². The molecule has 0 bridgehead atoms. The highest BCUT2D eigenvalue weighted by molar-refractivity contribution is 5.77. The predicted molar refractivity (Wildman–Crippen MR) is 74.7 cm³/mol. The van der Waals surface area contributed by atoms with E-state index in [1.54, 1.807) is 7.05 Å². The molecule has 7 nitrogen and oxygen atoms in total. The summed E-state index contributed by atoms with van der Waals surface area (Å²) >= 11 is 0. The molecule has 2 unspecified atom stereocenters. The van der Waals surface area contributed by atoms with Crippen LogP contribution in [0.25, 0.3) is 0 Å². The number of rotatable bonds is 6. The molecule has 7 heteroatoms. The van der Waals surface area contributed by atoms with Crippen LogP contribution in [0.2, 0.25) is 0 Å².